The lowest BCUT2D eigenvalue weighted by atomic mass is 10.0. The Labute approximate surface area is 160 Å². The van der Waals surface area contributed by atoms with Crippen molar-refractivity contribution in [3.05, 3.63) is 59.2 Å². The molecule has 0 saturated heterocycles. The van der Waals surface area contributed by atoms with Crippen molar-refractivity contribution in [1.82, 2.24) is 10.2 Å². The average Bonchev–Trinajstić information content (AvgIpc) is 2.66. The number of hydrogen-bond donors (Lipinski definition) is 2. The Bertz CT molecular complexity index is 818. The van der Waals surface area contributed by atoms with Crippen molar-refractivity contribution >= 4 is 17.5 Å². The minimum Gasteiger partial charge on any atom is -0.483 e. The number of nitrogens with zero attached hydrogens (tertiary/aromatic N) is 1. The molecular formula is C21H27N3O3. The number of ether oxygens (including phenoxy) is 1. The predicted molar refractivity (Wildman–Crippen MR) is 107 cm³/mol. The highest BCUT2D eigenvalue weighted by atomic mass is 16.5. The Kier molecular flexibility index (Phi) is 6.82. The highest BCUT2D eigenvalue weighted by Crippen LogP contribution is 2.28. The van der Waals surface area contributed by atoms with Gasteiger partial charge in [0.25, 0.3) is 11.8 Å². The number of para-hydroxylation sites is 1. The van der Waals surface area contributed by atoms with Gasteiger partial charge in [0.05, 0.1) is 6.04 Å². The molecule has 0 aliphatic heterocycles. The highest BCUT2D eigenvalue weighted by molar-refractivity contribution is 5.96. The van der Waals surface area contributed by atoms with Gasteiger partial charge in [0.2, 0.25) is 0 Å². The van der Waals surface area contributed by atoms with Crippen LogP contribution in [-0.4, -0.2) is 37.4 Å². The van der Waals surface area contributed by atoms with Crippen molar-refractivity contribution in [2.24, 2.45) is 0 Å². The van der Waals surface area contributed by atoms with Gasteiger partial charge in [0.1, 0.15) is 5.75 Å². The number of likely N-dealkylation sites (N-methyl/N-ethyl adjacent to an activating group) is 1. The molecule has 2 rings (SSSR count). The second kappa shape index (κ2) is 9.07. The van der Waals surface area contributed by atoms with Crippen LogP contribution >= 0.6 is 0 Å². The number of benzene rings is 2. The van der Waals surface area contributed by atoms with Crippen LogP contribution in [-0.2, 0) is 4.79 Å². The normalized spacial score (nSPS) is 11.6. The molecular weight excluding hydrogens is 342 g/mol. The summed E-state index contributed by atoms with van der Waals surface area (Å²) in [6.45, 7) is 3.81. The fourth-order valence-corrected chi connectivity index (χ4v) is 2.69. The third kappa shape index (κ3) is 5.23. The van der Waals surface area contributed by atoms with Crippen LogP contribution in [0.3, 0.4) is 0 Å². The molecule has 2 aromatic rings. The minimum atomic E-state index is -0.246. The summed E-state index contributed by atoms with van der Waals surface area (Å²) >= 11 is 0. The fraction of sp³-hybridized carbons (Fsp3) is 0.333. The quantitative estimate of drug-likeness (QED) is 0.735. The van der Waals surface area contributed by atoms with E-state index in [4.69, 9.17) is 10.5 Å². The Morgan fingerprint density at radius 2 is 1.89 bits per heavy atom. The van der Waals surface area contributed by atoms with E-state index >= 15 is 0 Å². The zero-order valence-electron chi connectivity index (χ0n) is 16.3. The molecule has 0 fully saturated rings. The molecule has 27 heavy (non-hydrogen) atoms. The predicted octanol–water partition coefficient (Wildman–Crippen LogP) is 2.93. The summed E-state index contributed by atoms with van der Waals surface area (Å²) in [4.78, 5) is 26.1. The van der Waals surface area contributed by atoms with Crippen molar-refractivity contribution < 1.29 is 14.3 Å². The van der Waals surface area contributed by atoms with Crippen LogP contribution < -0.4 is 15.8 Å². The van der Waals surface area contributed by atoms with E-state index in [1.165, 1.54) is 4.90 Å². The minimum absolute atomic E-state index is 0.0529. The van der Waals surface area contributed by atoms with Crippen LogP contribution in [0.25, 0.3) is 0 Å². The third-order valence-corrected chi connectivity index (χ3v) is 4.36. The molecule has 0 aliphatic carbocycles. The molecule has 2 amide bonds. The van der Waals surface area contributed by atoms with E-state index in [2.05, 4.69) is 5.32 Å². The van der Waals surface area contributed by atoms with Gasteiger partial charge in [0.15, 0.2) is 6.61 Å². The maximum absolute atomic E-state index is 12.8. The second-order valence-corrected chi connectivity index (χ2v) is 6.62. The van der Waals surface area contributed by atoms with E-state index in [-0.39, 0.29) is 24.5 Å². The standard InChI is InChI=1S/C21H27N3O3/c1-5-18(23-21(26)17-12-15(22)11-10-14(17)2)16-8-6-7-9-19(16)27-13-20(25)24(3)4/h6-12,18H,5,13,22H2,1-4H3,(H,23,26). The van der Waals surface area contributed by atoms with Crippen LogP contribution in [0.1, 0.15) is 40.9 Å². The van der Waals surface area contributed by atoms with Crippen molar-refractivity contribution in [3.63, 3.8) is 0 Å². The molecule has 1 atom stereocenters. The Morgan fingerprint density at radius 3 is 2.56 bits per heavy atom. The fourth-order valence-electron chi connectivity index (χ4n) is 2.69. The van der Waals surface area contributed by atoms with E-state index in [0.717, 1.165) is 11.1 Å². The molecule has 6 nitrogen and oxygen atoms in total. The summed E-state index contributed by atoms with van der Waals surface area (Å²) in [6.07, 6.45) is 0.676. The Hall–Kier alpha value is -3.02. The lowest BCUT2D eigenvalue weighted by molar-refractivity contribution is -0.130. The molecule has 0 aromatic heterocycles. The maximum atomic E-state index is 12.8. The number of rotatable bonds is 7. The van der Waals surface area contributed by atoms with Crippen LogP contribution in [0.2, 0.25) is 0 Å². The van der Waals surface area contributed by atoms with Crippen molar-refractivity contribution in [2.75, 3.05) is 26.4 Å². The first-order valence-corrected chi connectivity index (χ1v) is 8.92. The van der Waals surface area contributed by atoms with Crippen molar-refractivity contribution in [1.29, 1.82) is 0 Å². The van der Waals surface area contributed by atoms with E-state index in [1.54, 1.807) is 32.3 Å². The number of nitrogen functional groups attached to an aromatic ring is 1. The number of nitrogens with one attached hydrogen (secondary N) is 1. The number of carbonyl (C=O) groups is 2. The number of anilines is 1. The van der Waals surface area contributed by atoms with Gasteiger partial charge >= 0.3 is 0 Å². The molecule has 0 radical (unpaired) electrons. The molecule has 0 aliphatic rings. The first-order valence-electron chi connectivity index (χ1n) is 8.92. The van der Waals surface area contributed by atoms with Crippen LogP contribution in [0, 0.1) is 6.92 Å². The van der Waals surface area contributed by atoms with E-state index in [0.29, 0.717) is 23.4 Å². The first kappa shape index (κ1) is 20.3. The van der Waals surface area contributed by atoms with Gasteiger partial charge < -0.3 is 20.7 Å². The van der Waals surface area contributed by atoms with Crippen LogP contribution in [0.4, 0.5) is 5.69 Å². The first-order chi connectivity index (χ1) is 12.8. The van der Waals surface area contributed by atoms with Gasteiger partial charge in [0, 0.05) is 30.9 Å². The molecule has 2 aromatic carbocycles. The largest absolute Gasteiger partial charge is 0.483 e. The lowest BCUT2D eigenvalue weighted by Gasteiger charge is -2.21. The Morgan fingerprint density at radius 1 is 1.19 bits per heavy atom. The Balaban J connectivity index is 2.21. The molecule has 0 heterocycles. The SMILES string of the molecule is CCC(NC(=O)c1cc(N)ccc1C)c1ccccc1OCC(=O)N(C)C. The van der Waals surface area contributed by atoms with E-state index in [9.17, 15) is 9.59 Å². The number of carbonyl (C=O) groups excluding carboxylic acids is 2. The van der Waals surface area contributed by atoms with Gasteiger partial charge in [-0.05, 0) is 37.1 Å². The summed E-state index contributed by atoms with van der Waals surface area (Å²) in [6, 6.07) is 12.5. The highest BCUT2D eigenvalue weighted by Gasteiger charge is 2.19. The summed E-state index contributed by atoms with van der Waals surface area (Å²) < 4.78 is 5.71. The van der Waals surface area contributed by atoms with Gasteiger partial charge in [-0.1, -0.05) is 31.2 Å². The monoisotopic (exact) mass is 369 g/mol. The second-order valence-electron chi connectivity index (χ2n) is 6.62. The molecule has 1 unspecified atom stereocenters. The van der Waals surface area contributed by atoms with Crippen LogP contribution in [0.5, 0.6) is 5.75 Å². The van der Waals surface area contributed by atoms with Gasteiger partial charge in [-0.2, -0.15) is 0 Å². The summed E-state index contributed by atoms with van der Waals surface area (Å²) in [5.74, 6) is 0.271. The molecule has 144 valence electrons. The van der Waals surface area contributed by atoms with Gasteiger partial charge in [-0.15, -0.1) is 0 Å². The molecule has 6 heteroatoms. The maximum Gasteiger partial charge on any atom is 0.259 e. The van der Waals surface area contributed by atoms with Crippen molar-refractivity contribution in [2.45, 2.75) is 26.3 Å². The molecule has 0 spiro atoms. The smallest absolute Gasteiger partial charge is 0.259 e. The zero-order valence-corrected chi connectivity index (χ0v) is 16.3. The average molecular weight is 369 g/mol. The third-order valence-electron chi connectivity index (χ3n) is 4.36. The number of amides is 2. The molecule has 3 N–H and O–H groups in total. The van der Waals surface area contributed by atoms with Gasteiger partial charge in [-0.25, -0.2) is 0 Å². The summed E-state index contributed by atoms with van der Waals surface area (Å²) in [7, 11) is 3.36. The molecule has 0 saturated carbocycles. The summed E-state index contributed by atoms with van der Waals surface area (Å²) in [5, 5.41) is 3.05. The van der Waals surface area contributed by atoms with Crippen LogP contribution in [0.15, 0.2) is 42.5 Å². The molecule has 0 bridgehead atoms. The van der Waals surface area contributed by atoms with E-state index < -0.39 is 0 Å². The number of nitrogens with two attached hydrogens (primary N) is 1. The summed E-state index contributed by atoms with van der Waals surface area (Å²) in [5.41, 5.74) is 8.61. The van der Waals surface area contributed by atoms with E-state index in [1.807, 2.05) is 38.1 Å². The zero-order chi connectivity index (χ0) is 20.0. The topological polar surface area (TPSA) is 84.7 Å². The van der Waals surface area contributed by atoms with Gasteiger partial charge in [-0.3, -0.25) is 9.59 Å². The van der Waals surface area contributed by atoms with Crippen molar-refractivity contribution in [3.8, 4) is 5.75 Å². The number of aryl methyl sites for hydroxylation is 1. The lowest BCUT2D eigenvalue weighted by Crippen LogP contribution is -2.30. The number of hydrogen-bond acceptors (Lipinski definition) is 4.